The van der Waals surface area contributed by atoms with Crippen LogP contribution >= 0.6 is 15.6 Å². The molecule has 0 bridgehead atoms. The number of unbranched alkanes of at least 4 members (excludes halogenated alkanes) is 33. The van der Waals surface area contributed by atoms with Crippen molar-refractivity contribution in [1.82, 2.24) is 0 Å². The average molecular weight is 1590 g/mol. The van der Waals surface area contributed by atoms with E-state index in [1.807, 2.05) is 0 Å². The third-order valence-electron chi connectivity index (χ3n) is 18.2. The zero-order valence-corrected chi connectivity index (χ0v) is 71.6. The van der Waals surface area contributed by atoms with E-state index in [0.717, 1.165) is 167 Å². The summed E-state index contributed by atoms with van der Waals surface area (Å²) in [5.41, 5.74) is 0. The highest BCUT2D eigenvalue weighted by molar-refractivity contribution is 7.47. The quantitative estimate of drug-likeness (QED) is 0.0146. The van der Waals surface area contributed by atoms with Crippen LogP contribution in [-0.2, 0) is 55.8 Å². The normalized spacial score (nSPS) is 14.6. The maximum absolute atomic E-state index is 13.0. The van der Waals surface area contributed by atoms with E-state index in [1.54, 1.807) is 0 Å². The van der Waals surface area contributed by atoms with Crippen LogP contribution in [0.3, 0.4) is 0 Å². The summed E-state index contributed by atoms with van der Waals surface area (Å²) in [4.78, 5) is 58.9. The predicted octanol–water partition coefficient (Wildman–Crippen LogP) is 26.5. The summed E-state index contributed by atoms with van der Waals surface area (Å²) in [6.07, 6.45) is 107. The van der Waals surface area contributed by atoms with Gasteiger partial charge in [0, 0.05) is 19.3 Å². The molecule has 0 aliphatic carbocycles. The van der Waals surface area contributed by atoms with E-state index < -0.39 is 91.5 Å². The molecule has 0 saturated heterocycles. The molecule has 0 heterocycles. The molecular weight excluding hydrogens is 1430 g/mol. The highest BCUT2D eigenvalue weighted by atomic mass is 31.2. The molecule has 0 aromatic rings. The minimum atomic E-state index is -4.95. The van der Waals surface area contributed by atoms with Crippen molar-refractivity contribution in [2.75, 3.05) is 39.6 Å². The summed E-state index contributed by atoms with van der Waals surface area (Å²) >= 11 is 0. The Kier molecular flexibility index (Phi) is 80.9. The second kappa shape index (κ2) is 84.6. The van der Waals surface area contributed by atoms with Gasteiger partial charge in [-0.25, -0.2) is 9.13 Å². The summed E-state index contributed by atoms with van der Waals surface area (Å²) in [6, 6.07) is 0. The lowest BCUT2D eigenvalue weighted by Crippen LogP contribution is -2.30. The Bertz CT molecular complexity index is 2650. The van der Waals surface area contributed by atoms with Crippen molar-refractivity contribution in [3.05, 3.63) is 158 Å². The van der Waals surface area contributed by atoms with Gasteiger partial charge in [0.05, 0.1) is 26.4 Å². The first-order valence-electron chi connectivity index (χ1n) is 43.8. The minimum Gasteiger partial charge on any atom is -0.463 e. The topological polar surface area (TPSA) is 231 Å². The number of carbonyl (C=O) groups is 3. The number of hydrogen-bond acceptors (Lipinski definition) is 14. The second-order valence-electron chi connectivity index (χ2n) is 29.0. The Balaban J connectivity index is 4.67. The van der Waals surface area contributed by atoms with Crippen molar-refractivity contribution >= 4 is 33.6 Å². The van der Waals surface area contributed by atoms with Gasteiger partial charge in [0.25, 0.3) is 0 Å². The number of aliphatic hydroxyl groups excluding tert-OH is 2. The molecular formula is C93H158O16P2. The van der Waals surface area contributed by atoms with Crippen LogP contribution in [0.25, 0.3) is 0 Å². The molecule has 636 valence electrons. The highest BCUT2D eigenvalue weighted by Crippen LogP contribution is 2.45. The molecule has 111 heavy (non-hydrogen) atoms. The van der Waals surface area contributed by atoms with E-state index in [9.17, 15) is 43.5 Å². The van der Waals surface area contributed by atoms with Gasteiger partial charge in [-0.15, -0.1) is 0 Å². The second-order valence-corrected chi connectivity index (χ2v) is 31.9. The third kappa shape index (κ3) is 85.9. The SMILES string of the molecule is CC/C=C\C/C=C\C/C=C\C/C=C\C/C=C\CCCCCCCCCCCCCC(=O)OCC(O)COP(=O)(O)OCC(O)COP(=O)(O)OCC(COC(=O)CCCCCCCCCCCCC/C=C\C/C=C\C/C=C\C/C=C\CCCCC)OC(=O)CCCCCCC/C=C\C/C=C\C/C=C\C/C=C\CCCCC. The van der Waals surface area contributed by atoms with Gasteiger partial charge in [-0.2, -0.15) is 0 Å². The van der Waals surface area contributed by atoms with E-state index >= 15 is 0 Å². The molecule has 5 unspecified atom stereocenters. The number of hydrogen-bond donors (Lipinski definition) is 4. The minimum absolute atomic E-state index is 0.0791. The fourth-order valence-electron chi connectivity index (χ4n) is 11.6. The fourth-order valence-corrected chi connectivity index (χ4v) is 13.2. The molecule has 0 aromatic carbocycles. The molecule has 18 heteroatoms. The summed E-state index contributed by atoms with van der Waals surface area (Å²) in [5.74, 6) is -1.60. The van der Waals surface area contributed by atoms with Gasteiger partial charge < -0.3 is 34.2 Å². The van der Waals surface area contributed by atoms with Crippen LogP contribution < -0.4 is 0 Å². The summed E-state index contributed by atoms with van der Waals surface area (Å²) < 4.78 is 61.4. The van der Waals surface area contributed by atoms with Crippen LogP contribution in [0.4, 0.5) is 0 Å². The molecule has 0 saturated carbocycles. The van der Waals surface area contributed by atoms with E-state index in [2.05, 4.69) is 179 Å². The molecule has 0 fully saturated rings. The molecule has 0 aromatic heterocycles. The number of aliphatic hydroxyl groups is 2. The molecule has 16 nitrogen and oxygen atoms in total. The van der Waals surface area contributed by atoms with Gasteiger partial charge in [-0.05, 0) is 154 Å². The standard InChI is InChI=1S/C93H158O16P2/c1-4-7-10-13-16-19-22-25-28-31-34-37-39-41-43-45-47-50-52-55-58-61-64-67-70-73-76-79-91(96)103-82-88(94)83-105-110(99,100)106-84-89(95)85-107-111(101,102)108-87-90(109-93(98)81-78-75-72-69-66-63-60-57-54-49-36-33-30-27-24-21-18-15-12-9-6-3)86-104-92(97)80-77-74-71-68-65-62-59-56-53-51-48-46-44-42-40-38-35-32-29-26-23-20-17-14-11-8-5-2/h7,10,16-21,25-30,34-38,41-44,49,57,60,88-90,94-95H,4-6,8-9,11-15,22-24,31-33,39-40,45-48,50-56,58-59,61-87H2,1-3H3,(H,99,100)(H,101,102)/b10-7-,19-16-,20-17-,21-18-,28-25-,29-26-,30-27-,37-34-,38-35-,43-41-,44-42-,49-36-,60-57-. The van der Waals surface area contributed by atoms with Crippen LogP contribution in [0, 0.1) is 0 Å². The van der Waals surface area contributed by atoms with Gasteiger partial charge in [-0.1, -0.05) is 339 Å². The van der Waals surface area contributed by atoms with E-state index in [4.69, 9.17) is 32.3 Å². The Morgan fingerprint density at radius 2 is 0.477 bits per heavy atom. The number of rotatable bonds is 82. The first-order valence-corrected chi connectivity index (χ1v) is 46.8. The fraction of sp³-hybridized carbons (Fsp3) is 0.688. The van der Waals surface area contributed by atoms with E-state index in [0.29, 0.717) is 19.3 Å². The predicted molar refractivity (Wildman–Crippen MR) is 463 cm³/mol. The zero-order chi connectivity index (χ0) is 80.8. The smallest absolute Gasteiger partial charge is 0.463 e. The highest BCUT2D eigenvalue weighted by Gasteiger charge is 2.29. The third-order valence-corrected chi connectivity index (χ3v) is 20.1. The first kappa shape index (κ1) is 106. The summed E-state index contributed by atoms with van der Waals surface area (Å²) in [7, 11) is -9.82. The van der Waals surface area contributed by atoms with Crippen molar-refractivity contribution < 1.29 is 75.8 Å². The number of carbonyl (C=O) groups excluding carboxylic acids is 3. The molecule has 0 aliphatic rings. The Labute approximate surface area is 676 Å². The van der Waals surface area contributed by atoms with Crippen molar-refractivity contribution in [1.29, 1.82) is 0 Å². The molecule has 5 atom stereocenters. The first-order chi connectivity index (χ1) is 54.2. The van der Waals surface area contributed by atoms with Gasteiger partial charge in [-0.3, -0.25) is 32.5 Å². The van der Waals surface area contributed by atoms with Gasteiger partial charge >= 0.3 is 33.6 Å². The van der Waals surface area contributed by atoms with E-state index in [1.165, 1.54) is 128 Å². The Morgan fingerprint density at radius 3 is 0.757 bits per heavy atom. The largest absolute Gasteiger partial charge is 0.472 e. The molecule has 0 rings (SSSR count). The van der Waals surface area contributed by atoms with Crippen molar-refractivity contribution in [3.63, 3.8) is 0 Å². The van der Waals surface area contributed by atoms with Crippen LogP contribution in [0.1, 0.15) is 355 Å². The van der Waals surface area contributed by atoms with Gasteiger partial charge in [0.2, 0.25) is 0 Å². The van der Waals surface area contributed by atoms with E-state index in [-0.39, 0.29) is 19.3 Å². The summed E-state index contributed by atoms with van der Waals surface area (Å²) in [5, 5.41) is 20.7. The lowest BCUT2D eigenvalue weighted by Gasteiger charge is -2.21. The van der Waals surface area contributed by atoms with Crippen molar-refractivity contribution in [2.24, 2.45) is 0 Å². The van der Waals surface area contributed by atoms with Crippen LogP contribution in [0.5, 0.6) is 0 Å². The average Bonchev–Trinajstić information content (AvgIpc) is 0.889. The molecule has 4 N–H and O–H groups in total. The Hall–Kier alpha value is -4.83. The molecule has 0 amide bonds. The maximum atomic E-state index is 13.0. The van der Waals surface area contributed by atoms with Crippen molar-refractivity contribution in [2.45, 2.75) is 373 Å². The molecule has 0 aliphatic heterocycles. The molecule has 0 spiro atoms. The van der Waals surface area contributed by atoms with Crippen LogP contribution in [0.2, 0.25) is 0 Å². The molecule has 0 radical (unpaired) electrons. The number of esters is 3. The zero-order valence-electron chi connectivity index (χ0n) is 69.8. The number of phosphoric acid groups is 2. The lowest BCUT2D eigenvalue weighted by atomic mass is 10.0. The number of ether oxygens (including phenoxy) is 3. The monoisotopic (exact) mass is 1590 g/mol. The van der Waals surface area contributed by atoms with Crippen LogP contribution in [0.15, 0.2) is 158 Å². The Morgan fingerprint density at radius 1 is 0.261 bits per heavy atom. The van der Waals surface area contributed by atoms with Gasteiger partial charge in [0.15, 0.2) is 6.10 Å². The lowest BCUT2D eigenvalue weighted by molar-refractivity contribution is -0.161. The van der Waals surface area contributed by atoms with Crippen LogP contribution in [-0.4, -0.2) is 95.9 Å². The summed E-state index contributed by atoms with van der Waals surface area (Å²) in [6.45, 7) is 2.51. The number of phosphoric ester groups is 2. The maximum Gasteiger partial charge on any atom is 0.472 e. The van der Waals surface area contributed by atoms with Gasteiger partial charge in [0.1, 0.15) is 25.4 Å². The number of allylic oxidation sites excluding steroid dienone is 26. The van der Waals surface area contributed by atoms with Crippen molar-refractivity contribution in [3.8, 4) is 0 Å².